The Kier molecular flexibility index (Phi) is 4.41. The molecule has 0 unspecified atom stereocenters. The maximum Gasteiger partial charge on any atom is 0.218 e. The lowest BCUT2D eigenvalue weighted by molar-refractivity contribution is 0.206. The Morgan fingerprint density at radius 2 is 2.20 bits per heavy atom. The van der Waals surface area contributed by atoms with E-state index in [1.807, 2.05) is 6.92 Å². The molecule has 0 aliphatic carbocycles. The molecule has 2 aliphatic heterocycles. The molecule has 0 saturated carbocycles. The largest absolute Gasteiger partial charge is 0.485 e. The van der Waals surface area contributed by atoms with Gasteiger partial charge in [0.25, 0.3) is 0 Å². The average molecular weight is 414 g/mol. The Morgan fingerprint density at radius 3 is 3.07 bits per heavy atom. The summed E-state index contributed by atoms with van der Waals surface area (Å²) in [5, 5.41) is 7.55. The van der Waals surface area contributed by atoms with Crippen molar-refractivity contribution in [2.45, 2.75) is 25.7 Å². The van der Waals surface area contributed by atoms with Gasteiger partial charge in [0.2, 0.25) is 5.88 Å². The Balaban J connectivity index is 1.70. The molecule has 5 rings (SSSR count). The number of nitrogens with zero attached hydrogens (tertiary/aromatic N) is 5. The molecule has 0 radical (unpaired) electrons. The molecular formula is C20H20F2N6O2. The van der Waals surface area contributed by atoms with Gasteiger partial charge < -0.3 is 19.7 Å². The van der Waals surface area contributed by atoms with Crippen LogP contribution in [0, 0.1) is 5.82 Å². The monoisotopic (exact) mass is 414 g/mol. The number of fused-ring (bicyclic) bond motifs is 1. The lowest BCUT2D eigenvalue weighted by Gasteiger charge is -2.24. The number of alkyl halides is 1. The predicted molar refractivity (Wildman–Crippen MR) is 106 cm³/mol. The normalized spacial score (nSPS) is 21.4. The second-order valence-corrected chi connectivity index (χ2v) is 7.45. The second-order valence-electron chi connectivity index (χ2n) is 7.45. The maximum atomic E-state index is 14.5. The van der Waals surface area contributed by atoms with Gasteiger partial charge >= 0.3 is 0 Å². The summed E-state index contributed by atoms with van der Waals surface area (Å²) < 4.78 is 41.6. The zero-order chi connectivity index (χ0) is 20.8. The van der Waals surface area contributed by atoms with Gasteiger partial charge in [0, 0.05) is 11.3 Å². The van der Waals surface area contributed by atoms with E-state index >= 15 is 0 Å². The minimum Gasteiger partial charge on any atom is -0.485 e. The van der Waals surface area contributed by atoms with Crippen LogP contribution in [0.4, 0.5) is 14.6 Å². The van der Waals surface area contributed by atoms with Crippen LogP contribution in [0.15, 0.2) is 31.2 Å². The first-order chi connectivity index (χ1) is 14.5. The molecule has 156 valence electrons. The van der Waals surface area contributed by atoms with Crippen LogP contribution in [0.2, 0.25) is 0 Å². The van der Waals surface area contributed by atoms with Crippen molar-refractivity contribution in [2.75, 3.05) is 24.6 Å². The standard InChI is InChI=1S/C20H20F2N6O2/c1-11-4-23-12(2)16-6-25-28-9-17-19(26-18(16)28)27(8-15(22)10-29-17)7-13-3-14(21)5-24-20(13)30-11/h3,5-6,9,11,15,23H,2,4,7-8,10H2,1H3/t11-,15+/m0/s1. The summed E-state index contributed by atoms with van der Waals surface area (Å²) in [6.07, 6.45) is 2.91. The highest BCUT2D eigenvalue weighted by Gasteiger charge is 2.28. The highest BCUT2D eigenvalue weighted by Crippen LogP contribution is 2.34. The van der Waals surface area contributed by atoms with Crippen LogP contribution in [-0.4, -0.2) is 51.6 Å². The average Bonchev–Trinajstić information content (AvgIpc) is 3.06. The maximum absolute atomic E-state index is 14.5. The molecule has 3 aromatic heterocycles. The fourth-order valence-electron chi connectivity index (χ4n) is 3.61. The third-order valence-electron chi connectivity index (χ3n) is 5.07. The highest BCUT2D eigenvalue weighted by molar-refractivity contribution is 5.75. The number of aromatic nitrogens is 4. The summed E-state index contributed by atoms with van der Waals surface area (Å²) in [5.41, 5.74) is 2.40. The molecule has 0 aromatic carbocycles. The van der Waals surface area contributed by atoms with E-state index < -0.39 is 12.0 Å². The van der Waals surface area contributed by atoms with Gasteiger partial charge in [-0.15, -0.1) is 0 Å². The number of halogens is 2. The van der Waals surface area contributed by atoms with E-state index in [1.54, 1.807) is 21.8 Å². The number of rotatable bonds is 0. The van der Waals surface area contributed by atoms with Crippen molar-refractivity contribution in [3.05, 3.63) is 48.2 Å². The van der Waals surface area contributed by atoms with Gasteiger partial charge in [-0.25, -0.2) is 23.3 Å². The van der Waals surface area contributed by atoms with Gasteiger partial charge in [-0.05, 0) is 13.0 Å². The first-order valence-electron chi connectivity index (χ1n) is 9.62. The van der Waals surface area contributed by atoms with Crippen molar-refractivity contribution in [1.82, 2.24) is 24.9 Å². The summed E-state index contributed by atoms with van der Waals surface area (Å²) in [6, 6.07) is 1.35. The zero-order valence-corrected chi connectivity index (χ0v) is 16.3. The van der Waals surface area contributed by atoms with Gasteiger partial charge in [0.05, 0.1) is 43.8 Å². The number of hydrogen-bond donors (Lipinski definition) is 1. The lowest BCUT2D eigenvalue weighted by atomic mass is 10.2. The molecule has 10 heteroatoms. The van der Waals surface area contributed by atoms with Gasteiger partial charge in [-0.3, -0.25) is 0 Å². The molecule has 8 nitrogen and oxygen atoms in total. The molecule has 2 atom stereocenters. The molecule has 1 N–H and O–H groups in total. The van der Waals surface area contributed by atoms with Gasteiger partial charge in [0.1, 0.15) is 18.5 Å². The van der Waals surface area contributed by atoms with Crippen LogP contribution in [-0.2, 0) is 6.54 Å². The first-order valence-corrected chi connectivity index (χ1v) is 9.62. The smallest absolute Gasteiger partial charge is 0.218 e. The van der Waals surface area contributed by atoms with Crippen molar-refractivity contribution in [3.8, 4) is 11.6 Å². The van der Waals surface area contributed by atoms with Gasteiger partial charge in [-0.2, -0.15) is 5.10 Å². The van der Waals surface area contributed by atoms with E-state index in [0.717, 1.165) is 6.20 Å². The summed E-state index contributed by atoms with van der Waals surface area (Å²) in [4.78, 5) is 10.5. The van der Waals surface area contributed by atoms with Crippen LogP contribution >= 0.6 is 0 Å². The number of anilines is 1. The van der Waals surface area contributed by atoms with Crippen molar-refractivity contribution in [1.29, 1.82) is 0 Å². The molecule has 0 spiro atoms. The molecule has 0 amide bonds. The summed E-state index contributed by atoms with van der Waals surface area (Å²) >= 11 is 0. The van der Waals surface area contributed by atoms with Crippen LogP contribution in [0.25, 0.3) is 11.3 Å². The van der Waals surface area contributed by atoms with E-state index in [2.05, 4.69) is 22.0 Å². The molecule has 0 fully saturated rings. The number of ether oxygens (including phenoxy) is 2. The Hall–Kier alpha value is -3.43. The van der Waals surface area contributed by atoms with Crippen molar-refractivity contribution < 1.29 is 18.3 Å². The van der Waals surface area contributed by atoms with Crippen molar-refractivity contribution in [2.24, 2.45) is 0 Å². The minimum absolute atomic E-state index is 0.0321. The quantitative estimate of drug-likeness (QED) is 0.605. The highest BCUT2D eigenvalue weighted by atomic mass is 19.1. The molecule has 0 saturated heterocycles. The fraction of sp³-hybridized carbons (Fsp3) is 0.350. The van der Waals surface area contributed by atoms with E-state index in [0.29, 0.717) is 46.5 Å². The molecular weight excluding hydrogens is 394 g/mol. The number of hydrogen-bond acceptors (Lipinski definition) is 7. The van der Waals surface area contributed by atoms with E-state index in [9.17, 15) is 8.78 Å². The Morgan fingerprint density at radius 1 is 1.33 bits per heavy atom. The summed E-state index contributed by atoms with van der Waals surface area (Å²) in [7, 11) is 0. The Bertz CT molecular complexity index is 1130. The molecule has 3 aromatic rings. The Labute approximate surface area is 171 Å². The first kappa shape index (κ1) is 18.6. The van der Waals surface area contributed by atoms with Gasteiger partial charge in [0.15, 0.2) is 23.4 Å². The molecule has 2 bridgehead atoms. The lowest BCUT2D eigenvalue weighted by Crippen LogP contribution is -2.32. The zero-order valence-electron chi connectivity index (χ0n) is 16.3. The minimum atomic E-state index is -1.25. The third kappa shape index (κ3) is 3.27. The summed E-state index contributed by atoms with van der Waals surface area (Å²) in [5.74, 6) is 0.637. The fourth-order valence-corrected chi connectivity index (χ4v) is 3.61. The third-order valence-corrected chi connectivity index (χ3v) is 5.07. The van der Waals surface area contributed by atoms with Crippen LogP contribution in [0.5, 0.6) is 11.6 Å². The van der Waals surface area contributed by atoms with Crippen molar-refractivity contribution in [3.63, 3.8) is 0 Å². The summed E-state index contributed by atoms with van der Waals surface area (Å²) in [6.45, 7) is 6.48. The number of pyridine rings is 1. The van der Waals surface area contributed by atoms with Gasteiger partial charge in [-0.1, -0.05) is 6.58 Å². The molecule has 2 aliphatic rings. The molecule has 5 heterocycles. The van der Waals surface area contributed by atoms with Crippen LogP contribution in [0.1, 0.15) is 18.1 Å². The second kappa shape index (κ2) is 7.12. The van der Waals surface area contributed by atoms with Crippen LogP contribution < -0.4 is 19.7 Å². The van der Waals surface area contributed by atoms with E-state index in [-0.39, 0.29) is 25.8 Å². The molecule has 30 heavy (non-hydrogen) atoms. The topological polar surface area (TPSA) is 76.8 Å². The van der Waals surface area contributed by atoms with Crippen molar-refractivity contribution >= 4 is 17.2 Å². The number of nitrogens with one attached hydrogen (secondary N) is 1. The van der Waals surface area contributed by atoms with E-state index in [4.69, 9.17) is 14.5 Å². The van der Waals surface area contributed by atoms with Crippen LogP contribution in [0.3, 0.4) is 0 Å². The SMILES string of the molecule is C=C1NC[C@H](C)Oc2ncc(F)cc2CN2C[C@@H](F)COc3cn4ncc1c4nc32. The van der Waals surface area contributed by atoms with E-state index in [1.165, 1.54) is 6.07 Å². The predicted octanol–water partition coefficient (Wildman–Crippen LogP) is 2.34.